The van der Waals surface area contributed by atoms with Crippen LogP contribution in [0.2, 0.25) is 0 Å². The lowest BCUT2D eigenvalue weighted by atomic mass is 10.1. The summed E-state index contributed by atoms with van der Waals surface area (Å²) >= 11 is 1.08. The molecule has 0 aliphatic rings. The second-order valence-electron chi connectivity index (χ2n) is 6.40. The Hall–Kier alpha value is -3.20. The van der Waals surface area contributed by atoms with Gasteiger partial charge in [0.05, 0.1) is 5.56 Å². The Balaban J connectivity index is 1.69. The van der Waals surface area contributed by atoms with Crippen molar-refractivity contribution in [2.45, 2.75) is 19.5 Å². The zero-order chi connectivity index (χ0) is 21.7. The minimum absolute atomic E-state index is 0.0946. The lowest BCUT2D eigenvalue weighted by molar-refractivity contribution is -0.137. The third-order valence-corrected chi connectivity index (χ3v) is 5.01. The van der Waals surface area contributed by atoms with Crippen molar-refractivity contribution in [1.82, 2.24) is 10.3 Å². The number of carbonyl (C=O) groups is 2. The number of alkyl halides is 3. The van der Waals surface area contributed by atoms with Gasteiger partial charge < -0.3 is 10.6 Å². The normalized spacial score (nSPS) is 11.2. The van der Waals surface area contributed by atoms with Crippen molar-refractivity contribution in [2.24, 2.45) is 0 Å². The molecule has 0 saturated carbocycles. The van der Waals surface area contributed by atoms with Gasteiger partial charge in [-0.25, -0.2) is 4.98 Å². The van der Waals surface area contributed by atoms with Gasteiger partial charge >= 0.3 is 6.18 Å². The Morgan fingerprint density at radius 2 is 1.80 bits per heavy atom. The van der Waals surface area contributed by atoms with Crippen molar-refractivity contribution in [2.75, 3.05) is 11.9 Å². The minimum atomic E-state index is -4.45. The number of aromatic nitrogens is 1. The van der Waals surface area contributed by atoms with Crippen LogP contribution in [0.25, 0.3) is 10.6 Å². The topological polar surface area (TPSA) is 71.1 Å². The fourth-order valence-corrected chi connectivity index (χ4v) is 3.38. The number of nitrogens with zero attached hydrogens (tertiary/aromatic N) is 1. The summed E-state index contributed by atoms with van der Waals surface area (Å²) in [5, 5.41) is 7.22. The number of hydrogen-bond donors (Lipinski definition) is 2. The van der Waals surface area contributed by atoms with Crippen molar-refractivity contribution in [3.8, 4) is 10.6 Å². The van der Waals surface area contributed by atoms with Gasteiger partial charge in [-0.15, -0.1) is 11.3 Å². The molecule has 2 amide bonds. The van der Waals surface area contributed by atoms with Crippen LogP contribution < -0.4 is 10.6 Å². The molecule has 1 aromatic heterocycles. The zero-order valence-corrected chi connectivity index (χ0v) is 16.7. The van der Waals surface area contributed by atoms with Crippen molar-refractivity contribution >= 4 is 28.8 Å². The van der Waals surface area contributed by atoms with Crippen molar-refractivity contribution in [3.63, 3.8) is 0 Å². The summed E-state index contributed by atoms with van der Waals surface area (Å²) in [6.45, 7) is 2.53. The molecule has 0 atom stereocenters. The van der Waals surface area contributed by atoms with Gasteiger partial charge in [-0.05, 0) is 42.8 Å². The fraction of sp³-hybridized carbons (Fsp3) is 0.190. The van der Waals surface area contributed by atoms with Gasteiger partial charge in [-0.3, -0.25) is 9.59 Å². The summed E-state index contributed by atoms with van der Waals surface area (Å²) in [6, 6.07) is 11.2. The van der Waals surface area contributed by atoms with Crippen molar-refractivity contribution < 1.29 is 22.8 Å². The molecular weight excluding hydrogens is 415 g/mol. The Morgan fingerprint density at radius 1 is 1.07 bits per heavy atom. The van der Waals surface area contributed by atoms with Crippen LogP contribution in [-0.4, -0.2) is 23.3 Å². The second-order valence-corrected chi connectivity index (χ2v) is 7.26. The lowest BCUT2D eigenvalue weighted by Crippen LogP contribution is -2.23. The molecule has 0 aliphatic carbocycles. The van der Waals surface area contributed by atoms with Gasteiger partial charge in [0.2, 0.25) is 0 Å². The van der Waals surface area contributed by atoms with Crippen LogP contribution in [0.1, 0.15) is 39.8 Å². The van der Waals surface area contributed by atoms with Crippen LogP contribution in [-0.2, 0) is 6.18 Å². The first-order chi connectivity index (χ1) is 14.3. The number of rotatable bonds is 6. The molecule has 2 aromatic carbocycles. The van der Waals surface area contributed by atoms with Gasteiger partial charge in [-0.1, -0.05) is 19.1 Å². The maximum atomic E-state index is 12.9. The number of thiazole rings is 1. The Bertz CT molecular complexity index is 1050. The average Bonchev–Trinajstić information content (AvgIpc) is 3.22. The summed E-state index contributed by atoms with van der Waals surface area (Å²) < 4.78 is 38.7. The zero-order valence-electron chi connectivity index (χ0n) is 15.9. The average molecular weight is 433 g/mol. The van der Waals surface area contributed by atoms with Gasteiger partial charge in [0.15, 0.2) is 0 Å². The second kappa shape index (κ2) is 9.08. The number of hydrogen-bond acceptors (Lipinski definition) is 4. The molecular formula is C21H18F3N3O2S. The van der Waals surface area contributed by atoms with Crippen LogP contribution in [0.15, 0.2) is 53.9 Å². The van der Waals surface area contributed by atoms with Crippen LogP contribution in [0, 0.1) is 0 Å². The molecule has 0 aliphatic heterocycles. The van der Waals surface area contributed by atoms with Crippen molar-refractivity contribution in [3.05, 3.63) is 70.7 Å². The number of carbonyl (C=O) groups excluding carboxylic acids is 2. The molecule has 0 fully saturated rings. The van der Waals surface area contributed by atoms with E-state index in [1.165, 1.54) is 17.5 Å². The highest BCUT2D eigenvalue weighted by Crippen LogP contribution is 2.33. The molecule has 5 nitrogen and oxygen atoms in total. The van der Waals surface area contributed by atoms with E-state index in [-0.39, 0.29) is 17.2 Å². The number of nitrogens with one attached hydrogen (secondary N) is 2. The molecule has 156 valence electrons. The largest absolute Gasteiger partial charge is 0.416 e. The fourth-order valence-electron chi connectivity index (χ4n) is 2.58. The monoisotopic (exact) mass is 433 g/mol. The standard InChI is InChI=1S/C21H18F3N3O2S/c1-2-10-25-18(28)13-6-8-16(9-7-13)26-19(29)17-12-30-20(27-17)14-4-3-5-15(11-14)21(22,23)24/h3-9,11-12H,2,10H2,1H3,(H,25,28)(H,26,29). The highest BCUT2D eigenvalue weighted by atomic mass is 32.1. The number of anilines is 1. The van der Waals surface area contributed by atoms with E-state index in [1.54, 1.807) is 24.3 Å². The molecule has 0 radical (unpaired) electrons. The molecule has 0 bridgehead atoms. The van der Waals surface area contributed by atoms with Crippen LogP contribution in [0.4, 0.5) is 18.9 Å². The molecule has 0 saturated heterocycles. The van der Waals surface area contributed by atoms with E-state index in [0.29, 0.717) is 22.8 Å². The molecule has 2 N–H and O–H groups in total. The highest BCUT2D eigenvalue weighted by molar-refractivity contribution is 7.13. The van der Waals surface area contributed by atoms with Crippen LogP contribution >= 0.6 is 11.3 Å². The maximum absolute atomic E-state index is 12.9. The molecule has 1 heterocycles. The van der Waals surface area contributed by atoms with Crippen molar-refractivity contribution in [1.29, 1.82) is 0 Å². The van der Waals surface area contributed by atoms with E-state index < -0.39 is 17.6 Å². The molecule has 3 aromatic rings. The summed E-state index contributed by atoms with van der Waals surface area (Å²) in [7, 11) is 0. The first-order valence-corrected chi connectivity index (χ1v) is 9.98. The predicted molar refractivity (Wildman–Crippen MR) is 110 cm³/mol. The SMILES string of the molecule is CCCNC(=O)c1ccc(NC(=O)c2csc(-c3cccc(C(F)(F)F)c3)n2)cc1. The van der Waals surface area contributed by atoms with E-state index >= 15 is 0 Å². The quantitative estimate of drug-likeness (QED) is 0.560. The Labute approximate surface area is 175 Å². The van der Waals surface area contributed by atoms with E-state index in [4.69, 9.17) is 0 Å². The highest BCUT2D eigenvalue weighted by Gasteiger charge is 2.30. The third kappa shape index (κ3) is 5.24. The maximum Gasteiger partial charge on any atom is 0.416 e. The van der Waals surface area contributed by atoms with E-state index in [9.17, 15) is 22.8 Å². The molecule has 3 rings (SSSR count). The van der Waals surface area contributed by atoms with E-state index in [2.05, 4.69) is 15.6 Å². The molecule has 0 spiro atoms. The van der Waals surface area contributed by atoms with Crippen LogP contribution in [0.3, 0.4) is 0 Å². The van der Waals surface area contributed by atoms with E-state index in [1.807, 2.05) is 6.92 Å². The summed E-state index contributed by atoms with van der Waals surface area (Å²) in [5.41, 5.74) is 0.556. The lowest BCUT2D eigenvalue weighted by Gasteiger charge is -2.07. The van der Waals surface area contributed by atoms with Gasteiger partial charge in [0.1, 0.15) is 10.7 Å². The van der Waals surface area contributed by atoms with Gasteiger partial charge in [-0.2, -0.15) is 13.2 Å². The molecule has 0 unspecified atom stereocenters. The third-order valence-electron chi connectivity index (χ3n) is 4.11. The molecule has 30 heavy (non-hydrogen) atoms. The number of amides is 2. The smallest absolute Gasteiger partial charge is 0.352 e. The summed E-state index contributed by atoms with van der Waals surface area (Å²) in [4.78, 5) is 28.5. The summed E-state index contributed by atoms with van der Waals surface area (Å²) in [6.07, 6.45) is -3.62. The minimum Gasteiger partial charge on any atom is -0.352 e. The molecule has 9 heteroatoms. The van der Waals surface area contributed by atoms with E-state index in [0.717, 1.165) is 29.9 Å². The Kier molecular flexibility index (Phi) is 6.51. The number of benzene rings is 2. The number of halogens is 3. The predicted octanol–water partition coefficient (Wildman–Crippen LogP) is 5.22. The van der Waals surface area contributed by atoms with Gasteiger partial charge in [0.25, 0.3) is 11.8 Å². The van der Waals surface area contributed by atoms with Crippen LogP contribution in [0.5, 0.6) is 0 Å². The first kappa shape index (κ1) is 21.5. The summed E-state index contributed by atoms with van der Waals surface area (Å²) in [5.74, 6) is -0.687. The Morgan fingerprint density at radius 3 is 2.47 bits per heavy atom. The van der Waals surface area contributed by atoms with Gasteiger partial charge in [0, 0.05) is 28.7 Å². The first-order valence-electron chi connectivity index (χ1n) is 9.10.